The number of likely N-dealkylation sites (N-methyl/N-ethyl adjacent to an activating group) is 1. The lowest BCUT2D eigenvalue weighted by molar-refractivity contribution is -0.119. The number of hydrogen-bond donors (Lipinski definition) is 1. The number of nitrogens with one attached hydrogen (secondary N) is 1. The molecule has 3 aromatic rings. The number of H-pyrrole nitrogens is 1. The van der Waals surface area contributed by atoms with E-state index >= 15 is 0 Å². The molecular weight excluding hydrogens is 364 g/mol. The number of aryl methyl sites for hydroxylation is 2. The first-order valence-corrected chi connectivity index (χ1v) is 9.93. The smallest absolute Gasteiger partial charge is 0.258 e. The minimum absolute atomic E-state index is 0.00603. The zero-order valence-corrected chi connectivity index (χ0v) is 17.5. The van der Waals surface area contributed by atoms with Crippen LogP contribution in [0.2, 0.25) is 0 Å². The zero-order valence-electron chi connectivity index (χ0n) is 17.5. The van der Waals surface area contributed by atoms with Gasteiger partial charge >= 0.3 is 0 Å². The van der Waals surface area contributed by atoms with Crippen LogP contribution >= 0.6 is 0 Å². The van der Waals surface area contributed by atoms with Gasteiger partial charge in [0.05, 0.1) is 24.0 Å². The summed E-state index contributed by atoms with van der Waals surface area (Å²) in [6, 6.07) is 13.5. The van der Waals surface area contributed by atoms with Crippen molar-refractivity contribution < 1.29 is 4.79 Å². The second-order valence-electron chi connectivity index (χ2n) is 7.48. The van der Waals surface area contributed by atoms with Crippen LogP contribution in [0.4, 0.5) is 5.69 Å². The van der Waals surface area contributed by atoms with Gasteiger partial charge in [-0.2, -0.15) is 0 Å². The summed E-state index contributed by atoms with van der Waals surface area (Å²) in [6.45, 7) is 7.43. The van der Waals surface area contributed by atoms with Crippen molar-refractivity contribution in [2.45, 2.75) is 33.7 Å². The Kier molecular flexibility index (Phi) is 6.44. The Balaban J connectivity index is 1.79. The SMILES string of the molecule is CCCN(CC(=O)N(C)c1ccccc1C)Cc1nc2ccc(C)cc2c(=O)[nH]1. The molecule has 1 aromatic heterocycles. The van der Waals surface area contributed by atoms with Crippen molar-refractivity contribution in [1.82, 2.24) is 14.9 Å². The highest BCUT2D eigenvalue weighted by Gasteiger charge is 2.18. The van der Waals surface area contributed by atoms with E-state index in [9.17, 15) is 9.59 Å². The van der Waals surface area contributed by atoms with Gasteiger partial charge in [0.15, 0.2) is 0 Å². The van der Waals surface area contributed by atoms with E-state index in [0.717, 1.165) is 29.8 Å². The van der Waals surface area contributed by atoms with E-state index in [0.29, 0.717) is 23.3 Å². The molecule has 0 unspecified atom stereocenters. The number of aromatic amines is 1. The molecular formula is C23H28N4O2. The Morgan fingerprint density at radius 1 is 1.14 bits per heavy atom. The molecule has 0 atom stereocenters. The molecule has 6 heteroatoms. The molecule has 0 aliphatic heterocycles. The number of anilines is 1. The average Bonchev–Trinajstić information content (AvgIpc) is 2.68. The molecule has 0 saturated carbocycles. The number of amides is 1. The largest absolute Gasteiger partial charge is 0.314 e. The third-order valence-corrected chi connectivity index (χ3v) is 5.03. The van der Waals surface area contributed by atoms with Crippen molar-refractivity contribution in [3.8, 4) is 0 Å². The van der Waals surface area contributed by atoms with Crippen molar-refractivity contribution in [2.75, 3.05) is 25.0 Å². The molecule has 0 radical (unpaired) electrons. The zero-order chi connectivity index (χ0) is 21.0. The van der Waals surface area contributed by atoms with E-state index < -0.39 is 0 Å². The van der Waals surface area contributed by atoms with Crippen LogP contribution in [0, 0.1) is 13.8 Å². The first-order valence-electron chi connectivity index (χ1n) is 9.93. The molecule has 152 valence electrons. The van der Waals surface area contributed by atoms with Gasteiger partial charge in [0.25, 0.3) is 5.56 Å². The number of nitrogens with zero attached hydrogens (tertiary/aromatic N) is 3. The molecule has 1 N–H and O–H groups in total. The predicted octanol–water partition coefficient (Wildman–Crippen LogP) is 3.41. The van der Waals surface area contributed by atoms with E-state index in [1.54, 1.807) is 11.9 Å². The molecule has 3 rings (SSSR count). The second-order valence-corrected chi connectivity index (χ2v) is 7.48. The van der Waals surface area contributed by atoms with Gasteiger partial charge in [-0.3, -0.25) is 14.5 Å². The number of fused-ring (bicyclic) bond motifs is 1. The van der Waals surface area contributed by atoms with E-state index in [1.165, 1.54) is 0 Å². The number of rotatable bonds is 7. The predicted molar refractivity (Wildman–Crippen MR) is 117 cm³/mol. The fourth-order valence-corrected chi connectivity index (χ4v) is 3.49. The van der Waals surface area contributed by atoms with Crippen LogP contribution in [-0.2, 0) is 11.3 Å². The highest BCUT2D eigenvalue weighted by atomic mass is 16.2. The molecule has 0 aliphatic carbocycles. The van der Waals surface area contributed by atoms with Crippen molar-refractivity contribution in [2.24, 2.45) is 0 Å². The molecule has 0 saturated heterocycles. The third kappa shape index (κ3) is 4.90. The van der Waals surface area contributed by atoms with Crippen molar-refractivity contribution >= 4 is 22.5 Å². The Morgan fingerprint density at radius 3 is 2.62 bits per heavy atom. The van der Waals surface area contributed by atoms with Gasteiger partial charge in [0, 0.05) is 12.7 Å². The molecule has 29 heavy (non-hydrogen) atoms. The number of para-hydroxylation sites is 1. The quantitative estimate of drug-likeness (QED) is 0.669. The van der Waals surface area contributed by atoms with E-state index in [1.807, 2.05) is 61.2 Å². The lowest BCUT2D eigenvalue weighted by Crippen LogP contribution is -2.39. The van der Waals surface area contributed by atoms with Gasteiger partial charge in [-0.05, 0) is 50.6 Å². The molecule has 0 aliphatic rings. The van der Waals surface area contributed by atoms with Crippen LogP contribution in [-0.4, -0.2) is 40.9 Å². The minimum atomic E-state index is -0.145. The van der Waals surface area contributed by atoms with Crippen LogP contribution in [0.5, 0.6) is 0 Å². The number of benzene rings is 2. The second kappa shape index (κ2) is 9.01. The van der Waals surface area contributed by atoms with E-state index in [-0.39, 0.29) is 18.0 Å². The van der Waals surface area contributed by atoms with Crippen molar-refractivity contribution in [3.63, 3.8) is 0 Å². The first-order chi connectivity index (χ1) is 13.9. The summed E-state index contributed by atoms with van der Waals surface area (Å²) < 4.78 is 0. The van der Waals surface area contributed by atoms with Crippen molar-refractivity contribution in [3.05, 3.63) is 69.8 Å². The van der Waals surface area contributed by atoms with Gasteiger partial charge < -0.3 is 9.88 Å². The van der Waals surface area contributed by atoms with Crippen LogP contribution in [0.15, 0.2) is 47.3 Å². The summed E-state index contributed by atoms with van der Waals surface area (Å²) in [5.41, 5.74) is 3.51. The fourth-order valence-electron chi connectivity index (χ4n) is 3.49. The molecule has 2 aromatic carbocycles. The molecule has 0 fully saturated rings. The summed E-state index contributed by atoms with van der Waals surface area (Å²) in [7, 11) is 1.80. The van der Waals surface area contributed by atoms with Gasteiger partial charge in [0.2, 0.25) is 5.91 Å². The summed E-state index contributed by atoms with van der Waals surface area (Å²) in [5.74, 6) is 0.581. The maximum absolute atomic E-state index is 12.9. The molecule has 1 heterocycles. The standard InChI is InChI=1S/C23H28N4O2/c1-5-12-27(15-22(28)26(4)20-9-7-6-8-17(20)3)14-21-24-19-11-10-16(2)13-18(19)23(29)25-21/h6-11,13H,5,12,14-15H2,1-4H3,(H,24,25,29). The van der Waals surface area contributed by atoms with Crippen LogP contribution in [0.3, 0.4) is 0 Å². The van der Waals surface area contributed by atoms with Gasteiger partial charge in [0.1, 0.15) is 5.82 Å². The van der Waals surface area contributed by atoms with Gasteiger partial charge in [-0.25, -0.2) is 4.98 Å². The minimum Gasteiger partial charge on any atom is -0.314 e. The number of hydrogen-bond acceptors (Lipinski definition) is 4. The summed E-state index contributed by atoms with van der Waals surface area (Å²) in [4.78, 5) is 36.5. The monoisotopic (exact) mass is 392 g/mol. The van der Waals surface area contributed by atoms with E-state index in [4.69, 9.17) is 0 Å². The average molecular weight is 393 g/mol. The molecule has 0 bridgehead atoms. The van der Waals surface area contributed by atoms with Crippen LogP contribution in [0.25, 0.3) is 10.9 Å². The lowest BCUT2D eigenvalue weighted by Gasteiger charge is -2.25. The fraction of sp³-hybridized carbons (Fsp3) is 0.348. The highest BCUT2D eigenvalue weighted by Crippen LogP contribution is 2.18. The van der Waals surface area contributed by atoms with Crippen LogP contribution < -0.4 is 10.5 Å². The summed E-state index contributed by atoms with van der Waals surface area (Å²) in [5, 5.41) is 0.589. The highest BCUT2D eigenvalue weighted by molar-refractivity contribution is 5.94. The first kappa shape index (κ1) is 20.7. The molecule has 6 nitrogen and oxygen atoms in total. The molecule has 1 amide bonds. The maximum atomic E-state index is 12.9. The maximum Gasteiger partial charge on any atom is 0.258 e. The van der Waals surface area contributed by atoms with Crippen LogP contribution in [0.1, 0.15) is 30.3 Å². The van der Waals surface area contributed by atoms with E-state index in [2.05, 4.69) is 16.9 Å². The third-order valence-electron chi connectivity index (χ3n) is 5.03. The van der Waals surface area contributed by atoms with Gasteiger partial charge in [-0.1, -0.05) is 36.8 Å². The summed E-state index contributed by atoms with van der Waals surface area (Å²) >= 11 is 0. The number of carbonyl (C=O) groups excluding carboxylic acids is 1. The molecule has 0 spiro atoms. The Hall–Kier alpha value is -2.99. The lowest BCUT2D eigenvalue weighted by atomic mass is 10.2. The van der Waals surface area contributed by atoms with Gasteiger partial charge in [-0.15, -0.1) is 0 Å². The Labute approximate surface area is 171 Å². The summed E-state index contributed by atoms with van der Waals surface area (Å²) in [6.07, 6.45) is 0.901. The number of carbonyl (C=O) groups is 1. The Bertz CT molecular complexity index is 1070. The normalized spacial score (nSPS) is 11.2. The number of aromatic nitrogens is 2. The Morgan fingerprint density at radius 2 is 1.90 bits per heavy atom. The van der Waals surface area contributed by atoms with Crippen molar-refractivity contribution in [1.29, 1.82) is 0 Å². The topological polar surface area (TPSA) is 69.3 Å².